The molecule has 0 aliphatic rings. The summed E-state index contributed by atoms with van der Waals surface area (Å²) in [5, 5.41) is 2.37. The van der Waals surface area contributed by atoms with Gasteiger partial charge in [-0.1, -0.05) is 36.4 Å². The van der Waals surface area contributed by atoms with Crippen molar-refractivity contribution in [2.24, 2.45) is 0 Å². The highest BCUT2D eigenvalue weighted by Crippen LogP contribution is 2.33. The molecule has 1 N–H and O–H groups in total. The zero-order valence-electron chi connectivity index (χ0n) is 11.7. The first-order valence-electron chi connectivity index (χ1n) is 7.25. The number of hydrogen-bond donors (Lipinski definition) is 1. The fraction of sp³-hybridized carbons (Fsp3) is 0. The highest BCUT2D eigenvalue weighted by atomic mass is 16.3. The Morgan fingerprint density at radius 1 is 0.773 bits per heavy atom. The molecule has 0 radical (unpaired) electrons. The topological polar surface area (TPSA) is 41.8 Å². The molecule has 0 unspecified atom stereocenters. The number of nitrogens with zero attached hydrogens (tertiary/aromatic N) is 1. The summed E-state index contributed by atoms with van der Waals surface area (Å²) >= 11 is 0. The summed E-state index contributed by atoms with van der Waals surface area (Å²) in [7, 11) is 0. The fourth-order valence-corrected chi connectivity index (χ4v) is 3.01. The van der Waals surface area contributed by atoms with Gasteiger partial charge in [-0.3, -0.25) is 0 Å². The summed E-state index contributed by atoms with van der Waals surface area (Å²) in [6, 6.07) is 22.4. The molecule has 0 aliphatic heterocycles. The zero-order valence-corrected chi connectivity index (χ0v) is 11.7. The van der Waals surface area contributed by atoms with Gasteiger partial charge in [-0.25, -0.2) is 4.98 Å². The molecule has 5 rings (SSSR count). The Bertz CT molecular complexity index is 1120. The van der Waals surface area contributed by atoms with E-state index in [0.29, 0.717) is 5.89 Å². The van der Waals surface area contributed by atoms with Crippen molar-refractivity contribution in [3.63, 3.8) is 0 Å². The minimum Gasteiger partial charge on any atom is -0.434 e. The normalized spacial score (nSPS) is 11.6. The molecule has 2 heterocycles. The van der Waals surface area contributed by atoms with Crippen molar-refractivity contribution < 1.29 is 4.42 Å². The maximum Gasteiger partial charge on any atom is 0.227 e. The molecule has 0 saturated heterocycles. The number of rotatable bonds is 1. The van der Waals surface area contributed by atoms with Crippen LogP contribution in [-0.4, -0.2) is 9.97 Å². The number of hydrogen-bond acceptors (Lipinski definition) is 2. The number of aromatic amines is 1. The average Bonchev–Trinajstić information content (AvgIpc) is 3.16. The number of nitrogens with one attached hydrogen (secondary N) is 1. The number of benzene rings is 3. The Balaban J connectivity index is 1.87. The molecule has 0 bridgehead atoms. The van der Waals surface area contributed by atoms with Crippen LogP contribution < -0.4 is 0 Å². The first-order chi connectivity index (χ1) is 10.9. The van der Waals surface area contributed by atoms with Gasteiger partial charge in [0.1, 0.15) is 5.52 Å². The highest BCUT2D eigenvalue weighted by Gasteiger charge is 2.13. The average molecular weight is 284 g/mol. The molecule has 3 nitrogen and oxygen atoms in total. The molecule has 104 valence electrons. The van der Waals surface area contributed by atoms with E-state index in [2.05, 4.69) is 34.2 Å². The monoisotopic (exact) mass is 284 g/mol. The van der Waals surface area contributed by atoms with E-state index in [9.17, 15) is 0 Å². The van der Waals surface area contributed by atoms with Crippen LogP contribution in [0.3, 0.4) is 0 Å². The van der Waals surface area contributed by atoms with Crippen LogP contribution in [0.5, 0.6) is 0 Å². The van der Waals surface area contributed by atoms with Crippen LogP contribution in [-0.2, 0) is 0 Å². The van der Waals surface area contributed by atoms with E-state index in [1.807, 2.05) is 42.5 Å². The van der Waals surface area contributed by atoms with Gasteiger partial charge in [0.15, 0.2) is 5.58 Å². The summed E-state index contributed by atoms with van der Waals surface area (Å²) < 4.78 is 6.05. The Morgan fingerprint density at radius 2 is 1.59 bits per heavy atom. The van der Waals surface area contributed by atoms with E-state index < -0.39 is 0 Å². The molecule has 0 aliphatic carbocycles. The molecule has 5 aromatic rings. The second-order valence-corrected chi connectivity index (χ2v) is 5.39. The second kappa shape index (κ2) is 4.21. The standard InChI is InChI=1S/C19H12N2O/c1-2-6-12(7-3-1)19-21-16-11-10-14-13-8-4-5-9-15(13)20-17(14)18(16)22-19/h1-11,20H. The van der Waals surface area contributed by atoms with Crippen molar-refractivity contribution in [3.05, 3.63) is 66.7 Å². The Labute approximate surface area is 126 Å². The number of oxazole rings is 1. The zero-order chi connectivity index (χ0) is 14.5. The van der Waals surface area contributed by atoms with Gasteiger partial charge in [-0.2, -0.15) is 0 Å². The second-order valence-electron chi connectivity index (χ2n) is 5.39. The van der Waals surface area contributed by atoms with Crippen LogP contribution in [0.2, 0.25) is 0 Å². The maximum absolute atomic E-state index is 6.05. The van der Waals surface area contributed by atoms with Gasteiger partial charge < -0.3 is 9.40 Å². The van der Waals surface area contributed by atoms with Crippen molar-refractivity contribution in [2.45, 2.75) is 0 Å². The molecule has 0 atom stereocenters. The Morgan fingerprint density at radius 3 is 2.50 bits per heavy atom. The quantitative estimate of drug-likeness (QED) is 0.463. The Kier molecular flexibility index (Phi) is 2.22. The molecule has 0 saturated carbocycles. The van der Waals surface area contributed by atoms with E-state index in [4.69, 9.17) is 4.42 Å². The summed E-state index contributed by atoms with van der Waals surface area (Å²) in [5.41, 5.74) is 4.80. The first-order valence-corrected chi connectivity index (χ1v) is 7.25. The molecular weight excluding hydrogens is 272 g/mol. The predicted octanol–water partition coefficient (Wildman–Crippen LogP) is 5.13. The van der Waals surface area contributed by atoms with E-state index in [1.54, 1.807) is 0 Å². The SMILES string of the molecule is c1ccc(-c2nc3ccc4c5ccccc5[nH]c4c3o2)cc1. The van der Waals surface area contributed by atoms with Crippen LogP contribution in [0.15, 0.2) is 71.1 Å². The number of aromatic nitrogens is 2. The van der Waals surface area contributed by atoms with E-state index >= 15 is 0 Å². The van der Waals surface area contributed by atoms with Gasteiger partial charge in [-0.05, 0) is 30.3 Å². The number of fused-ring (bicyclic) bond motifs is 5. The number of H-pyrrole nitrogens is 1. The minimum atomic E-state index is 0.654. The van der Waals surface area contributed by atoms with Gasteiger partial charge in [0.05, 0.1) is 5.52 Å². The van der Waals surface area contributed by atoms with Crippen molar-refractivity contribution in [1.82, 2.24) is 9.97 Å². The third kappa shape index (κ3) is 1.53. The van der Waals surface area contributed by atoms with Crippen LogP contribution >= 0.6 is 0 Å². The maximum atomic E-state index is 6.05. The molecule has 2 aromatic heterocycles. The largest absolute Gasteiger partial charge is 0.434 e. The first kappa shape index (κ1) is 11.6. The van der Waals surface area contributed by atoms with E-state index in [0.717, 1.165) is 27.7 Å². The molecule has 3 aromatic carbocycles. The van der Waals surface area contributed by atoms with E-state index in [1.165, 1.54) is 10.8 Å². The van der Waals surface area contributed by atoms with Gasteiger partial charge in [-0.15, -0.1) is 0 Å². The fourth-order valence-electron chi connectivity index (χ4n) is 3.01. The van der Waals surface area contributed by atoms with Crippen molar-refractivity contribution in [1.29, 1.82) is 0 Å². The minimum absolute atomic E-state index is 0.654. The number of para-hydroxylation sites is 1. The highest BCUT2D eigenvalue weighted by molar-refractivity contribution is 6.14. The summed E-state index contributed by atoms with van der Waals surface area (Å²) in [5.74, 6) is 0.654. The van der Waals surface area contributed by atoms with Crippen LogP contribution in [0, 0.1) is 0 Å². The lowest BCUT2D eigenvalue weighted by atomic mass is 10.1. The summed E-state index contributed by atoms with van der Waals surface area (Å²) in [4.78, 5) is 8.07. The lowest BCUT2D eigenvalue weighted by molar-refractivity contribution is 0.622. The van der Waals surface area contributed by atoms with Crippen molar-refractivity contribution in [3.8, 4) is 11.5 Å². The molecular formula is C19H12N2O. The smallest absolute Gasteiger partial charge is 0.227 e. The third-order valence-corrected chi connectivity index (χ3v) is 4.06. The van der Waals surface area contributed by atoms with Crippen LogP contribution in [0.1, 0.15) is 0 Å². The van der Waals surface area contributed by atoms with Gasteiger partial charge in [0.2, 0.25) is 5.89 Å². The van der Waals surface area contributed by atoms with Gasteiger partial charge >= 0.3 is 0 Å². The molecule has 0 fully saturated rings. The summed E-state index contributed by atoms with van der Waals surface area (Å²) in [6.45, 7) is 0. The van der Waals surface area contributed by atoms with Gasteiger partial charge in [0.25, 0.3) is 0 Å². The lowest BCUT2D eigenvalue weighted by Gasteiger charge is -1.92. The van der Waals surface area contributed by atoms with Crippen LogP contribution in [0.4, 0.5) is 0 Å². The molecule has 3 heteroatoms. The Hall–Kier alpha value is -3.07. The van der Waals surface area contributed by atoms with Crippen molar-refractivity contribution in [2.75, 3.05) is 0 Å². The van der Waals surface area contributed by atoms with Crippen LogP contribution in [0.25, 0.3) is 44.4 Å². The molecule has 22 heavy (non-hydrogen) atoms. The molecule has 0 amide bonds. The lowest BCUT2D eigenvalue weighted by Crippen LogP contribution is -1.74. The van der Waals surface area contributed by atoms with Gasteiger partial charge in [0, 0.05) is 21.9 Å². The third-order valence-electron chi connectivity index (χ3n) is 4.06. The predicted molar refractivity (Wildman–Crippen MR) is 88.8 cm³/mol. The van der Waals surface area contributed by atoms with E-state index in [-0.39, 0.29) is 0 Å². The summed E-state index contributed by atoms with van der Waals surface area (Å²) in [6.07, 6.45) is 0. The van der Waals surface area contributed by atoms with Crippen molar-refractivity contribution >= 4 is 32.9 Å². The molecule has 0 spiro atoms.